The van der Waals surface area contributed by atoms with E-state index in [2.05, 4.69) is 19.6 Å². The Morgan fingerprint density at radius 1 is 0.122 bits per heavy atom. The van der Waals surface area contributed by atoms with Gasteiger partial charge in [0.15, 0.2) is 0 Å². The minimum absolute atomic E-state index is 1.21. The molecular formula is C82H164. The van der Waals surface area contributed by atoms with Gasteiger partial charge < -0.3 is 0 Å². The zero-order chi connectivity index (χ0) is 58.6. The van der Waals surface area contributed by atoms with E-state index < -0.39 is 0 Å². The van der Waals surface area contributed by atoms with E-state index >= 15 is 0 Å². The topological polar surface area (TPSA) is 0 Å². The van der Waals surface area contributed by atoms with Crippen LogP contribution < -0.4 is 0 Å². The molecule has 0 aliphatic heterocycles. The lowest BCUT2D eigenvalue weighted by Gasteiger charge is -2.05. The highest BCUT2D eigenvalue weighted by molar-refractivity contribution is 4.65. The molecule has 0 heterocycles. The first-order valence-corrected chi connectivity index (χ1v) is 40.5. The van der Waals surface area contributed by atoms with Gasteiger partial charge in [0, 0.05) is 0 Å². The predicted molar refractivity (Wildman–Crippen MR) is 381 cm³/mol. The van der Waals surface area contributed by atoms with Crippen LogP contribution in [0, 0.1) is 0 Å². The van der Waals surface area contributed by atoms with Gasteiger partial charge in [-0.3, -0.25) is 0 Å². The van der Waals surface area contributed by atoms with Gasteiger partial charge in [0.2, 0.25) is 0 Å². The van der Waals surface area contributed by atoms with Crippen molar-refractivity contribution in [1.82, 2.24) is 0 Å². The molecule has 0 atom stereocenters. The Balaban J connectivity index is 3.08. The maximum atomic E-state index is 3.82. The van der Waals surface area contributed by atoms with Crippen molar-refractivity contribution in [2.75, 3.05) is 0 Å². The molecule has 0 aromatic rings. The molecule has 0 aliphatic rings. The summed E-state index contributed by atoms with van der Waals surface area (Å²) >= 11 is 0. The average molecular weight is 1150 g/mol. The van der Waals surface area contributed by atoms with Gasteiger partial charge in [0.05, 0.1) is 0 Å². The molecule has 0 saturated carbocycles. The predicted octanol–water partition coefficient (Wildman–Crippen LogP) is 32.0. The molecule has 0 nitrogen and oxygen atoms in total. The van der Waals surface area contributed by atoms with Crippen molar-refractivity contribution in [2.45, 2.75) is 514 Å². The Kier molecular flexibility index (Phi) is 80.5. The van der Waals surface area contributed by atoms with Gasteiger partial charge in [0.1, 0.15) is 0 Å². The van der Waals surface area contributed by atoms with Crippen LogP contribution in [0.3, 0.4) is 0 Å². The summed E-state index contributed by atoms with van der Waals surface area (Å²) in [6, 6.07) is 0. The fraction of sp³-hybridized carbons (Fsp3) is 0.976. The van der Waals surface area contributed by atoms with Gasteiger partial charge in [0.25, 0.3) is 0 Å². The Morgan fingerprint density at radius 2 is 0.195 bits per heavy atom. The zero-order valence-electron chi connectivity index (χ0n) is 58.1. The smallest absolute Gasteiger partial charge is 0.0353 e. The van der Waals surface area contributed by atoms with Crippen molar-refractivity contribution in [3.05, 3.63) is 12.7 Å². The first-order valence-electron chi connectivity index (χ1n) is 40.5. The Morgan fingerprint density at radius 3 is 0.268 bits per heavy atom. The van der Waals surface area contributed by atoms with E-state index in [-0.39, 0.29) is 0 Å². The molecule has 82 heavy (non-hydrogen) atoms. The Hall–Kier alpha value is -0.260. The number of unbranched alkanes of at least 4 members (excludes halogenated alkanes) is 78. The van der Waals surface area contributed by atoms with Gasteiger partial charge in [-0.25, -0.2) is 0 Å². The third kappa shape index (κ3) is 79.7. The molecule has 0 spiro atoms. The third-order valence-electron chi connectivity index (χ3n) is 19.8. The van der Waals surface area contributed by atoms with Gasteiger partial charge in [-0.05, 0) is 12.8 Å². The van der Waals surface area contributed by atoms with E-state index in [4.69, 9.17) is 0 Å². The number of rotatable bonds is 79. The van der Waals surface area contributed by atoms with Crippen LogP contribution in [-0.4, -0.2) is 0 Å². The lowest BCUT2D eigenvalue weighted by atomic mass is 10.0. The lowest BCUT2D eigenvalue weighted by Crippen LogP contribution is -1.85. The van der Waals surface area contributed by atoms with Crippen LogP contribution in [0.1, 0.15) is 514 Å². The van der Waals surface area contributed by atoms with Crippen molar-refractivity contribution in [2.24, 2.45) is 0 Å². The molecule has 0 aromatic heterocycles. The van der Waals surface area contributed by atoms with Crippen molar-refractivity contribution in [1.29, 1.82) is 0 Å². The van der Waals surface area contributed by atoms with E-state index in [1.165, 1.54) is 507 Å². The van der Waals surface area contributed by atoms with Crippen LogP contribution in [-0.2, 0) is 0 Å². The quantitative estimate of drug-likeness (QED) is 0.0421. The van der Waals surface area contributed by atoms with E-state index in [9.17, 15) is 0 Å². The van der Waals surface area contributed by atoms with E-state index in [0.29, 0.717) is 0 Å². The fourth-order valence-electron chi connectivity index (χ4n) is 13.8. The van der Waals surface area contributed by atoms with E-state index in [1.54, 1.807) is 0 Å². The highest BCUT2D eigenvalue weighted by atomic mass is 14.1. The lowest BCUT2D eigenvalue weighted by molar-refractivity contribution is 0.505. The summed E-state index contributed by atoms with van der Waals surface area (Å²) in [5.74, 6) is 0. The molecule has 0 rings (SSSR count). The van der Waals surface area contributed by atoms with Gasteiger partial charge in [-0.15, -0.1) is 6.58 Å². The van der Waals surface area contributed by atoms with Gasteiger partial charge >= 0.3 is 0 Å². The minimum atomic E-state index is 1.21. The summed E-state index contributed by atoms with van der Waals surface area (Å²) in [5.41, 5.74) is 0. The van der Waals surface area contributed by atoms with Crippen LogP contribution in [0.5, 0.6) is 0 Å². The molecule has 0 aromatic carbocycles. The molecular weight excluding hydrogens is 985 g/mol. The molecule has 0 saturated heterocycles. The van der Waals surface area contributed by atoms with Crippen molar-refractivity contribution >= 4 is 0 Å². The molecule has 0 N–H and O–H groups in total. The second-order valence-electron chi connectivity index (χ2n) is 28.3. The first-order chi connectivity index (χ1) is 40.9. The SMILES string of the molecule is C=CCCCCCCCCCCCCCCCCCCCCCCCCCCCCCCCCCCCCCCCCCCCCCCCCCCCCCCCCCCCCCCCCCCCCCCCCCCCCCCCC. The van der Waals surface area contributed by atoms with Crippen molar-refractivity contribution in [3.8, 4) is 0 Å². The highest BCUT2D eigenvalue weighted by Gasteiger charge is 2.02. The number of hydrogen-bond acceptors (Lipinski definition) is 0. The first kappa shape index (κ1) is 81.7. The van der Waals surface area contributed by atoms with Gasteiger partial charge in [-0.2, -0.15) is 0 Å². The monoisotopic (exact) mass is 1150 g/mol. The summed E-state index contributed by atoms with van der Waals surface area (Å²) in [5, 5.41) is 0. The van der Waals surface area contributed by atoms with Crippen LogP contribution in [0.15, 0.2) is 12.7 Å². The summed E-state index contributed by atoms with van der Waals surface area (Å²) in [6.45, 7) is 6.14. The maximum absolute atomic E-state index is 3.82. The Labute approximate surface area is 524 Å². The van der Waals surface area contributed by atoms with Crippen molar-refractivity contribution < 1.29 is 0 Å². The second-order valence-corrected chi connectivity index (χ2v) is 28.3. The molecule has 0 heteroatoms. The van der Waals surface area contributed by atoms with Crippen LogP contribution in [0.2, 0.25) is 0 Å². The van der Waals surface area contributed by atoms with Crippen LogP contribution >= 0.6 is 0 Å². The van der Waals surface area contributed by atoms with Crippen LogP contribution in [0.25, 0.3) is 0 Å². The standard InChI is InChI=1S/C82H164/c1-3-5-7-9-11-13-15-17-19-21-23-25-27-29-31-33-35-37-39-41-43-45-47-49-51-53-55-57-59-61-63-65-67-69-71-73-75-77-79-81-82-80-78-76-74-72-70-68-66-64-62-60-58-56-54-52-50-48-46-44-42-40-38-36-34-32-30-28-26-24-22-20-18-16-14-12-10-8-6-4-2/h3H,1,4-82H2,2H3. The summed E-state index contributed by atoms with van der Waals surface area (Å²) in [4.78, 5) is 0. The summed E-state index contributed by atoms with van der Waals surface area (Å²) in [6.07, 6.45) is 119. The molecule has 0 unspecified atom stereocenters. The minimum Gasteiger partial charge on any atom is -0.103 e. The fourth-order valence-corrected chi connectivity index (χ4v) is 13.8. The summed E-state index contributed by atoms with van der Waals surface area (Å²) < 4.78 is 0. The molecule has 0 bridgehead atoms. The normalized spacial score (nSPS) is 11.7. The molecule has 0 radical (unpaired) electrons. The molecule has 492 valence electrons. The largest absolute Gasteiger partial charge is 0.103 e. The highest BCUT2D eigenvalue weighted by Crippen LogP contribution is 2.22. The molecule has 0 amide bonds. The molecule has 0 fully saturated rings. The zero-order valence-corrected chi connectivity index (χ0v) is 58.1. The van der Waals surface area contributed by atoms with E-state index in [0.717, 1.165) is 0 Å². The van der Waals surface area contributed by atoms with Gasteiger partial charge in [-0.1, -0.05) is 507 Å². The Bertz CT molecular complexity index is 1040. The number of allylic oxidation sites excluding steroid dienone is 1. The van der Waals surface area contributed by atoms with Crippen molar-refractivity contribution in [3.63, 3.8) is 0 Å². The number of hydrogen-bond donors (Lipinski definition) is 0. The summed E-state index contributed by atoms with van der Waals surface area (Å²) in [7, 11) is 0. The van der Waals surface area contributed by atoms with E-state index in [1.807, 2.05) is 0 Å². The second kappa shape index (κ2) is 80.7. The average Bonchev–Trinajstić information content (AvgIpc) is 3.48. The maximum Gasteiger partial charge on any atom is -0.0353 e. The molecule has 0 aliphatic carbocycles. The third-order valence-corrected chi connectivity index (χ3v) is 19.8. The van der Waals surface area contributed by atoms with Crippen LogP contribution in [0.4, 0.5) is 0 Å².